The first kappa shape index (κ1) is 19.4. The van der Waals surface area contributed by atoms with E-state index in [1.807, 2.05) is 6.92 Å². The molecule has 0 heterocycles. The molecule has 0 aliphatic rings. The minimum absolute atomic E-state index is 0.0280. The number of rotatable bonds is 6. The molecule has 0 atom stereocenters. The van der Waals surface area contributed by atoms with Crippen LogP contribution in [0.15, 0.2) is 47.4 Å². The number of hydrogen-bond donors (Lipinski definition) is 1. The van der Waals surface area contributed by atoms with Gasteiger partial charge in [0.1, 0.15) is 5.82 Å². The molecule has 0 saturated carbocycles. The van der Waals surface area contributed by atoms with E-state index in [1.165, 1.54) is 12.1 Å². The molecule has 25 heavy (non-hydrogen) atoms. The van der Waals surface area contributed by atoms with E-state index < -0.39 is 34.1 Å². The monoisotopic (exact) mass is 375 g/mol. The van der Waals surface area contributed by atoms with Gasteiger partial charge in [-0.3, -0.25) is 0 Å². The predicted octanol–water partition coefficient (Wildman–Crippen LogP) is 4.28. The normalized spacial score (nSPS) is 12.4. The van der Waals surface area contributed by atoms with Crippen LogP contribution in [0.5, 0.6) is 0 Å². The molecular formula is C17H17F4NO2S. The van der Waals surface area contributed by atoms with E-state index in [-0.39, 0.29) is 10.5 Å². The molecule has 0 saturated heterocycles. The van der Waals surface area contributed by atoms with E-state index in [9.17, 15) is 26.0 Å². The highest BCUT2D eigenvalue weighted by Gasteiger charge is 2.34. The molecule has 136 valence electrons. The van der Waals surface area contributed by atoms with E-state index in [2.05, 4.69) is 4.72 Å². The Morgan fingerprint density at radius 2 is 1.68 bits per heavy atom. The second kappa shape index (κ2) is 7.53. The minimum Gasteiger partial charge on any atom is -0.207 e. The number of benzene rings is 2. The van der Waals surface area contributed by atoms with Crippen LogP contribution in [0.1, 0.15) is 30.0 Å². The quantitative estimate of drug-likeness (QED) is 0.767. The summed E-state index contributed by atoms with van der Waals surface area (Å²) in [5.74, 6) is -1.48. The van der Waals surface area contributed by atoms with Crippen LogP contribution in [0, 0.1) is 5.82 Å². The van der Waals surface area contributed by atoms with Crippen molar-refractivity contribution in [3.05, 3.63) is 65.0 Å². The fourth-order valence-electron chi connectivity index (χ4n) is 2.32. The first-order chi connectivity index (χ1) is 11.6. The van der Waals surface area contributed by atoms with Gasteiger partial charge in [-0.1, -0.05) is 37.6 Å². The topological polar surface area (TPSA) is 46.2 Å². The van der Waals surface area contributed by atoms with Gasteiger partial charge in [-0.15, -0.1) is 0 Å². The molecule has 2 rings (SSSR count). The van der Waals surface area contributed by atoms with Crippen molar-refractivity contribution in [3.63, 3.8) is 0 Å². The molecule has 0 spiro atoms. The van der Waals surface area contributed by atoms with Gasteiger partial charge < -0.3 is 0 Å². The molecule has 3 nitrogen and oxygen atoms in total. The largest absolute Gasteiger partial charge is 0.419 e. The van der Waals surface area contributed by atoms with Crippen molar-refractivity contribution in [3.8, 4) is 0 Å². The fraction of sp³-hybridized carbons (Fsp3) is 0.294. The highest BCUT2D eigenvalue weighted by molar-refractivity contribution is 7.89. The lowest BCUT2D eigenvalue weighted by molar-refractivity contribution is -0.140. The second-order valence-corrected chi connectivity index (χ2v) is 7.26. The number of alkyl halides is 3. The molecule has 0 unspecified atom stereocenters. The third kappa shape index (κ3) is 4.79. The highest BCUT2D eigenvalue weighted by atomic mass is 32.2. The molecule has 0 fully saturated rings. The van der Waals surface area contributed by atoms with Crippen molar-refractivity contribution in [2.24, 2.45) is 0 Å². The van der Waals surface area contributed by atoms with Crippen molar-refractivity contribution in [1.29, 1.82) is 0 Å². The zero-order valence-electron chi connectivity index (χ0n) is 13.4. The Balaban J connectivity index is 2.17. The van der Waals surface area contributed by atoms with E-state index in [0.29, 0.717) is 6.07 Å². The van der Waals surface area contributed by atoms with E-state index in [0.717, 1.165) is 30.5 Å². The predicted molar refractivity (Wildman–Crippen MR) is 85.9 cm³/mol. The zero-order valence-corrected chi connectivity index (χ0v) is 14.2. The van der Waals surface area contributed by atoms with Crippen LogP contribution in [0.2, 0.25) is 0 Å². The minimum atomic E-state index is -4.84. The van der Waals surface area contributed by atoms with Crippen LogP contribution < -0.4 is 4.72 Å². The van der Waals surface area contributed by atoms with Crippen molar-refractivity contribution >= 4 is 10.0 Å². The van der Waals surface area contributed by atoms with Crippen molar-refractivity contribution in [2.45, 2.75) is 37.4 Å². The van der Waals surface area contributed by atoms with Crippen LogP contribution in [0.25, 0.3) is 0 Å². The third-order valence-corrected chi connectivity index (χ3v) is 5.03. The van der Waals surface area contributed by atoms with Gasteiger partial charge in [-0.2, -0.15) is 13.2 Å². The maximum absolute atomic E-state index is 13.9. The SMILES string of the molecule is CCCc1ccc(S(=O)(=O)NCc2cccc(C(F)(F)F)c2F)cc1. The van der Waals surface area contributed by atoms with Crippen LogP contribution in [-0.4, -0.2) is 8.42 Å². The number of sulfonamides is 1. The van der Waals surface area contributed by atoms with Crippen molar-refractivity contribution in [2.75, 3.05) is 0 Å². The Hall–Kier alpha value is -1.93. The molecule has 2 aromatic carbocycles. The van der Waals surface area contributed by atoms with Gasteiger partial charge in [-0.05, 0) is 30.2 Å². The molecule has 0 amide bonds. The third-order valence-electron chi connectivity index (χ3n) is 3.61. The maximum Gasteiger partial charge on any atom is 0.419 e. The first-order valence-electron chi connectivity index (χ1n) is 7.58. The lowest BCUT2D eigenvalue weighted by Crippen LogP contribution is -2.24. The molecule has 0 aliphatic carbocycles. The number of nitrogens with one attached hydrogen (secondary N) is 1. The lowest BCUT2D eigenvalue weighted by Gasteiger charge is -2.12. The summed E-state index contributed by atoms with van der Waals surface area (Å²) in [6, 6.07) is 8.92. The van der Waals surface area contributed by atoms with Gasteiger partial charge in [0.2, 0.25) is 10.0 Å². The van der Waals surface area contributed by atoms with Gasteiger partial charge in [0.05, 0.1) is 10.5 Å². The van der Waals surface area contributed by atoms with Crippen molar-refractivity contribution in [1.82, 2.24) is 4.72 Å². The summed E-state index contributed by atoms with van der Waals surface area (Å²) in [5.41, 5.74) is -0.820. The van der Waals surface area contributed by atoms with Crippen LogP contribution in [-0.2, 0) is 29.2 Å². The Kier molecular flexibility index (Phi) is 5.84. The molecule has 0 bridgehead atoms. The van der Waals surface area contributed by atoms with Crippen LogP contribution in [0.4, 0.5) is 17.6 Å². The average molecular weight is 375 g/mol. The summed E-state index contributed by atoms with van der Waals surface area (Å²) in [4.78, 5) is -0.0280. The van der Waals surface area contributed by atoms with Gasteiger partial charge in [0.15, 0.2) is 0 Å². The molecular weight excluding hydrogens is 358 g/mol. The number of hydrogen-bond acceptors (Lipinski definition) is 2. The summed E-state index contributed by atoms with van der Waals surface area (Å²) >= 11 is 0. The molecule has 0 aliphatic heterocycles. The van der Waals surface area contributed by atoms with Crippen LogP contribution in [0.3, 0.4) is 0 Å². The number of aryl methyl sites for hydroxylation is 1. The van der Waals surface area contributed by atoms with Gasteiger partial charge >= 0.3 is 6.18 Å². The van der Waals surface area contributed by atoms with Gasteiger partial charge in [-0.25, -0.2) is 17.5 Å². The van der Waals surface area contributed by atoms with E-state index in [4.69, 9.17) is 0 Å². The average Bonchev–Trinajstić information content (AvgIpc) is 2.54. The smallest absolute Gasteiger partial charge is 0.207 e. The van der Waals surface area contributed by atoms with Gasteiger partial charge in [0, 0.05) is 12.1 Å². The fourth-order valence-corrected chi connectivity index (χ4v) is 3.32. The summed E-state index contributed by atoms with van der Waals surface area (Å²) in [6.45, 7) is 1.42. The van der Waals surface area contributed by atoms with Gasteiger partial charge in [0.25, 0.3) is 0 Å². The highest BCUT2D eigenvalue weighted by Crippen LogP contribution is 2.32. The summed E-state index contributed by atoms with van der Waals surface area (Å²) in [6.07, 6.45) is -3.11. The Bertz CT molecular complexity index is 831. The summed E-state index contributed by atoms with van der Waals surface area (Å²) in [5, 5.41) is 0. The number of halogens is 4. The zero-order chi connectivity index (χ0) is 18.7. The molecule has 1 N–H and O–H groups in total. The molecule has 0 aromatic heterocycles. The van der Waals surface area contributed by atoms with Crippen LogP contribution >= 0.6 is 0 Å². The Morgan fingerprint density at radius 1 is 1.04 bits per heavy atom. The molecule has 0 radical (unpaired) electrons. The van der Waals surface area contributed by atoms with E-state index in [1.54, 1.807) is 12.1 Å². The van der Waals surface area contributed by atoms with Crippen molar-refractivity contribution < 1.29 is 26.0 Å². The second-order valence-electron chi connectivity index (χ2n) is 5.49. The molecule has 2 aromatic rings. The summed E-state index contributed by atoms with van der Waals surface area (Å²) < 4.78 is 78.6. The molecule has 8 heteroatoms. The summed E-state index contributed by atoms with van der Waals surface area (Å²) in [7, 11) is -3.95. The standard InChI is InChI=1S/C17H17F4NO2S/c1-2-4-12-7-9-14(10-8-12)25(23,24)22-11-13-5-3-6-15(16(13)18)17(19,20)21/h3,5-10,22H,2,4,11H2,1H3. The van der Waals surface area contributed by atoms with E-state index >= 15 is 0 Å². The first-order valence-corrected chi connectivity index (χ1v) is 9.06. The maximum atomic E-state index is 13.9. The Morgan fingerprint density at radius 3 is 2.24 bits per heavy atom. The Labute approximate surface area is 143 Å². The lowest BCUT2D eigenvalue weighted by atomic mass is 10.1.